The molecule has 8 heteroatoms. The van der Waals surface area contributed by atoms with E-state index in [0.717, 1.165) is 44.7 Å². The monoisotopic (exact) mass is 444 g/mol. The number of anilines is 1. The van der Waals surface area contributed by atoms with Gasteiger partial charge in [0.25, 0.3) is 15.9 Å². The van der Waals surface area contributed by atoms with E-state index in [1.165, 1.54) is 0 Å². The third-order valence-corrected chi connectivity index (χ3v) is 7.09. The lowest BCUT2D eigenvalue weighted by molar-refractivity contribution is 0.0950. The number of amides is 1. The van der Waals surface area contributed by atoms with Gasteiger partial charge in [0.2, 0.25) is 0 Å². The van der Waals surface area contributed by atoms with Crippen molar-refractivity contribution in [2.45, 2.75) is 25.2 Å². The molecule has 1 aliphatic heterocycles. The highest BCUT2D eigenvalue weighted by Gasteiger charge is 2.20. The van der Waals surface area contributed by atoms with Gasteiger partial charge in [-0.15, -0.1) is 0 Å². The number of hydrogen-bond acceptors (Lipinski definition) is 5. The van der Waals surface area contributed by atoms with Gasteiger partial charge in [0.1, 0.15) is 0 Å². The molecule has 0 radical (unpaired) electrons. The SMILES string of the molecule is Cc1ccc(C)c(S(=O)(=O)Nc2ccccc2C(=O)NCCCN2CCN(C)CC2)c1. The van der Waals surface area contributed by atoms with Crippen molar-refractivity contribution in [3.05, 3.63) is 59.2 Å². The summed E-state index contributed by atoms with van der Waals surface area (Å²) in [6.07, 6.45) is 0.853. The zero-order chi connectivity index (χ0) is 22.4. The minimum Gasteiger partial charge on any atom is -0.352 e. The van der Waals surface area contributed by atoms with Crippen molar-refractivity contribution in [3.63, 3.8) is 0 Å². The Balaban J connectivity index is 1.61. The molecular weight excluding hydrogens is 412 g/mol. The standard InChI is InChI=1S/C23H32N4O3S/c1-18-9-10-19(2)22(17-18)31(29,30)25-21-8-5-4-7-20(21)23(28)24-11-6-12-27-15-13-26(3)14-16-27/h4-5,7-10,17,25H,6,11-16H2,1-3H3,(H,24,28). The average molecular weight is 445 g/mol. The van der Waals surface area contributed by atoms with Gasteiger partial charge in [-0.25, -0.2) is 8.42 Å². The van der Waals surface area contributed by atoms with Crippen molar-refractivity contribution in [2.24, 2.45) is 0 Å². The van der Waals surface area contributed by atoms with Crippen LogP contribution in [-0.4, -0.2) is 70.4 Å². The summed E-state index contributed by atoms with van der Waals surface area (Å²) in [7, 11) is -1.68. The number of nitrogens with one attached hydrogen (secondary N) is 2. The molecule has 2 aromatic carbocycles. The first-order chi connectivity index (χ1) is 14.8. The van der Waals surface area contributed by atoms with Crippen LogP contribution >= 0.6 is 0 Å². The van der Waals surface area contributed by atoms with Crippen molar-refractivity contribution >= 4 is 21.6 Å². The molecule has 0 spiro atoms. The van der Waals surface area contributed by atoms with Crippen LogP contribution in [0.5, 0.6) is 0 Å². The van der Waals surface area contributed by atoms with Crippen LogP contribution in [-0.2, 0) is 10.0 Å². The predicted octanol–water partition coefficient (Wildman–Crippen LogP) is 2.47. The molecule has 168 valence electrons. The number of sulfonamides is 1. The van der Waals surface area contributed by atoms with E-state index in [1.54, 1.807) is 43.3 Å². The lowest BCUT2D eigenvalue weighted by Crippen LogP contribution is -2.45. The van der Waals surface area contributed by atoms with Gasteiger partial charge in [0, 0.05) is 32.7 Å². The predicted molar refractivity (Wildman–Crippen MR) is 124 cm³/mol. The van der Waals surface area contributed by atoms with Crippen LogP contribution in [0.1, 0.15) is 27.9 Å². The lowest BCUT2D eigenvalue weighted by atomic mass is 10.1. The Morgan fingerprint density at radius 1 is 1.03 bits per heavy atom. The molecule has 2 N–H and O–H groups in total. The van der Waals surface area contributed by atoms with Crippen molar-refractivity contribution in [2.75, 3.05) is 51.0 Å². The fourth-order valence-corrected chi connectivity index (χ4v) is 5.05. The van der Waals surface area contributed by atoms with Gasteiger partial charge < -0.3 is 15.1 Å². The van der Waals surface area contributed by atoms with E-state index in [2.05, 4.69) is 26.9 Å². The molecule has 31 heavy (non-hydrogen) atoms. The van der Waals surface area contributed by atoms with Gasteiger partial charge in [-0.1, -0.05) is 24.3 Å². The Labute approximate surface area is 185 Å². The minimum atomic E-state index is -3.81. The summed E-state index contributed by atoms with van der Waals surface area (Å²) >= 11 is 0. The molecule has 1 heterocycles. The van der Waals surface area contributed by atoms with E-state index in [4.69, 9.17) is 0 Å². The summed E-state index contributed by atoms with van der Waals surface area (Å²) in [5.74, 6) is -0.280. The molecule has 2 aromatic rings. The van der Waals surface area contributed by atoms with Crippen LogP contribution in [0.2, 0.25) is 0 Å². The molecule has 0 bridgehead atoms. The Morgan fingerprint density at radius 2 is 1.74 bits per heavy atom. The van der Waals surface area contributed by atoms with E-state index in [1.807, 2.05) is 13.0 Å². The fraction of sp³-hybridized carbons (Fsp3) is 0.435. The smallest absolute Gasteiger partial charge is 0.262 e. The highest BCUT2D eigenvalue weighted by molar-refractivity contribution is 7.92. The van der Waals surface area contributed by atoms with Crippen molar-refractivity contribution in [1.82, 2.24) is 15.1 Å². The van der Waals surface area contributed by atoms with Gasteiger partial charge in [-0.05, 0) is 63.2 Å². The molecule has 1 fully saturated rings. The largest absolute Gasteiger partial charge is 0.352 e. The number of aryl methyl sites for hydroxylation is 2. The van der Waals surface area contributed by atoms with Gasteiger partial charge in [-0.3, -0.25) is 9.52 Å². The van der Waals surface area contributed by atoms with Crippen LogP contribution in [0.25, 0.3) is 0 Å². The van der Waals surface area contributed by atoms with Crippen LogP contribution in [0.4, 0.5) is 5.69 Å². The minimum absolute atomic E-state index is 0.217. The summed E-state index contributed by atoms with van der Waals surface area (Å²) in [6.45, 7) is 9.33. The van der Waals surface area contributed by atoms with E-state index in [-0.39, 0.29) is 16.5 Å². The van der Waals surface area contributed by atoms with Crippen LogP contribution in [0, 0.1) is 13.8 Å². The molecule has 0 unspecified atom stereocenters. The van der Waals surface area contributed by atoms with E-state index in [0.29, 0.717) is 17.7 Å². The molecule has 0 saturated carbocycles. The van der Waals surface area contributed by atoms with E-state index < -0.39 is 10.0 Å². The average Bonchev–Trinajstić information content (AvgIpc) is 2.74. The first-order valence-corrected chi connectivity index (χ1v) is 12.1. The van der Waals surface area contributed by atoms with Gasteiger partial charge in [0.15, 0.2) is 0 Å². The lowest BCUT2D eigenvalue weighted by Gasteiger charge is -2.32. The Morgan fingerprint density at radius 3 is 2.48 bits per heavy atom. The number of piperazine rings is 1. The van der Waals surface area contributed by atoms with Crippen LogP contribution in [0.15, 0.2) is 47.4 Å². The number of carbonyl (C=O) groups excluding carboxylic acids is 1. The highest BCUT2D eigenvalue weighted by atomic mass is 32.2. The Bertz CT molecular complexity index is 1020. The second-order valence-corrected chi connectivity index (χ2v) is 9.83. The summed E-state index contributed by atoms with van der Waals surface area (Å²) in [5.41, 5.74) is 2.11. The normalized spacial score (nSPS) is 15.6. The summed E-state index contributed by atoms with van der Waals surface area (Å²) in [4.78, 5) is 17.7. The molecule has 1 amide bonds. The molecule has 0 aliphatic carbocycles. The maximum atomic E-state index is 13.0. The van der Waals surface area contributed by atoms with Crippen molar-refractivity contribution < 1.29 is 13.2 Å². The number of benzene rings is 2. The van der Waals surface area contributed by atoms with Crippen LogP contribution in [0.3, 0.4) is 0 Å². The van der Waals surface area contributed by atoms with Gasteiger partial charge in [0.05, 0.1) is 16.1 Å². The quantitative estimate of drug-likeness (QED) is 0.612. The summed E-state index contributed by atoms with van der Waals surface area (Å²) in [5, 5.41) is 2.92. The maximum absolute atomic E-state index is 13.0. The Kier molecular flexibility index (Phi) is 7.69. The maximum Gasteiger partial charge on any atom is 0.262 e. The first-order valence-electron chi connectivity index (χ1n) is 10.6. The third kappa shape index (κ3) is 6.29. The summed E-state index contributed by atoms with van der Waals surface area (Å²) < 4.78 is 28.5. The molecule has 1 aliphatic rings. The van der Waals surface area contributed by atoms with Gasteiger partial charge >= 0.3 is 0 Å². The molecule has 1 saturated heterocycles. The highest BCUT2D eigenvalue weighted by Crippen LogP contribution is 2.23. The molecule has 0 atom stereocenters. The zero-order valence-corrected chi connectivity index (χ0v) is 19.3. The fourth-order valence-electron chi connectivity index (χ4n) is 3.64. The van der Waals surface area contributed by atoms with Crippen molar-refractivity contribution in [1.29, 1.82) is 0 Å². The second kappa shape index (κ2) is 10.3. The zero-order valence-electron chi connectivity index (χ0n) is 18.5. The number of para-hydroxylation sites is 1. The summed E-state index contributed by atoms with van der Waals surface area (Å²) in [6, 6.07) is 12.0. The number of carbonyl (C=O) groups is 1. The number of hydrogen-bond donors (Lipinski definition) is 2. The number of likely N-dealkylation sites (N-methyl/N-ethyl adjacent to an activating group) is 1. The molecular formula is C23H32N4O3S. The second-order valence-electron chi connectivity index (χ2n) is 8.17. The van der Waals surface area contributed by atoms with Gasteiger partial charge in [-0.2, -0.15) is 0 Å². The topological polar surface area (TPSA) is 81.7 Å². The first kappa shape index (κ1) is 23.2. The van der Waals surface area contributed by atoms with Crippen LogP contribution < -0.4 is 10.0 Å². The third-order valence-electron chi connectivity index (χ3n) is 5.58. The number of rotatable bonds is 8. The molecule has 3 rings (SSSR count). The van der Waals surface area contributed by atoms with Crippen molar-refractivity contribution in [3.8, 4) is 0 Å². The number of nitrogens with zero attached hydrogens (tertiary/aromatic N) is 2. The van der Waals surface area contributed by atoms with E-state index >= 15 is 0 Å². The Hall–Kier alpha value is -2.42. The van der Waals surface area contributed by atoms with E-state index in [9.17, 15) is 13.2 Å². The molecule has 7 nitrogen and oxygen atoms in total. The molecule has 0 aromatic heterocycles.